The molecule has 0 aromatic heterocycles. The number of nitrogens with zero attached hydrogens (tertiary/aromatic N) is 1. The fourth-order valence-electron chi connectivity index (χ4n) is 2.28. The van der Waals surface area contributed by atoms with Crippen LogP contribution in [0.3, 0.4) is 0 Å². The highest BCUT2D eigenvalue weighted by molar-refractivity contribution is 6.30. The Balaban J connectivity index is 2.53. The summed E-state index contributed by atoms with van der Waals surface area (Å²) >= 11 is 5.91. The molecule has 1 aromatic rings. The van der Waals surface area contributed by atoms with Crippen molar-refractivity contribution >= 4 is 11.6 Å². The first-order valence-corrected chi connectivity index (χ1v) is 7.35. The van der Waals surface area contributed by atoms with Crippen molar-refractivity contribution in [3.05, 3.63) is 34.9 Å². The number of aliphatic hydroxyl groups is 1. The van der Waals surface area contributed by atoms with Crippen molar-refractivity contribution in [2.75, 3.05) is 33.3 Å². The van der Waals surface area contributed by atoms with E-state index in [0.29, 0.717) is 6.04 Å². The highest BCUT2D eigenvalue weighted by Crippen LogP contribution is 2.19. The SMILES string of the molecule is CCCN(CCO)CCC(NC)c1ccc(Cl)cc1. The van der Waals surface area contributed by atoms with E-state index in [1.54, 1.807) is 0 Å². The first kappa shape index (κ1) is 16.4. The van der Waals surface area contributed by atoms with Crippen LogP contribution in [-0.2, 0) is 0 Å². The van der Waals surface area contributed by atoms with E-state index in [1.165, 1.54) is 5.56 Å². The Morgan fingerprint density at radius 3 is 2.42 bits per heavy atom. The molecule has 3 nitrogen and oxygen atoms in total. The van der Waals surface area contributed by atoms with Crippen LogP contribution in [0.5, 0.6) is 0 Å². The summed E-state index contributed by atoms with van der Waals surface area (Å²) in [5, 5.41) is 13.2. The first-order valence-electron chi connectivity index (χ1n) is 6.97. The van der Waals surface area contributed by atoms with Gasteiger partial charge in [0.1, 0.15) is 0 Å². The lowest BCUT2D eigenvalue weighted by Gasteiger charge is -2.24. The van der Waals surface area contributed by atoms with E-state index in [4.69, 9.17) is 16.7 Å². The summed E-state index contributed by atoms with van der Waals surface area (Å²) in [5.41, 5.74) is 1.26. The number of rotatable bonds is 9. The predicted octanol–water partition coefficient (Wildman–Crippen LogP) is 2.69. The minimum Gasteiger partial charge on any atom is -0.395 e. The Bertz CT molecular complexity index is 337. The molecule has 0 fully saturated rings. The van der Waals surface area contributed by atoms with Gasteiger partial charge in [-0.05, 0) is 44.1 Å². The zero-order valence-electron chi connectivity index (χ0n) is 11.9. The molecule has 108 valence electrons. The van der Waals surface area contributed by atoms with E-state index < -0.39 is 0 Å². The Labute approximate surface area is 121 Å². The third-order valence-electron chi connectivity index (χ3n) is 3.31. The number of hydrogen-bond donors (Lipinski definition) is 2. The molecule has 0 saturated carbocycles. The van der Waals surface area contributed by atoms with Gasteiger partial charge in [0.25, 0.3) is 0 Å². The second-order valence-electron chi connectivity index (χ2n) is 4.75. The largest absolute Gasteiger partial charge is 0.395 e. The molecular weight excluding hydrogens is 260 g/mol. The van der Waals surface area contributed by atoms with Crippen molar-refractivity contribution in [1.29, 1.82) is 0 Å². The zero-order chi connectivity index (χ0) is 14.1. The number of hydrogen-bond acceptors (Lipinski definition) is 3. The molecule has 1 rings (SSSR count). The average molecular weight is 285 g/mol. The van der Waals surface area contributed by atoms with Gasteiger partial charge < -0.3 is 15.3 Å². The van der Waals surface area contributed by atoms with Crippen molar-refractivity contribution in [2.24, 2.45) is 0 Å². The standard InChI is InChI=1S/C15H25ClN2O/c1-3-9-18(11-12-19)10-8-15(17-2)13-4-6-14(16)7-5-13/h4-7,15,17,19H,3,8-12H2,1-2H3. The highest BCUT2D eigenvalue weighted by Gasteiger charge is 2.11. The number of aliphatic hydroxyl groups excluding tert-OH is 1. The van der Waals surface area contributed by atoms with Crippen molar-refractivity contribution in [3.8, 4) is 0 Å². The summed E-state index contributed by atoms with van der Waals surface area (Å²) in [4.78, 5) is 2.31. The first-order chi connectivity index (χ1) is 9.21. The molecule has 1 atom stereocenters. The number of nitrogens with one attached hydrogen (secondary N) is 1. The molecule has 4 heteroatoms. The molecule has 1 aromatic carbocycles. The molecule has 0 spiro atoms. The van der Waals surface area contributed by atoms with Crippen molar-refractivity contribution in [2.45, 2.75) is 25.8 Å². The summed E-state index contributed by atoms with van der Waals surface area (Å²) in [7, 11) is 1.98. The maximum Gasteiger partial charge on any atom is 0.0558 e. The Morgan fingerprint density at radius 1 is 1.21 bits per heavy atom. The van der Waals surface area contributed by atoms with Gasteiger partial charge in [-0.3, -0.25) is 0 Å². The van der Waals surface area contributed by atoms with Crippen LogP contribution < -0.4 is 5.32 Å². The van der Waals surface area contributed by atoms with E-state index in [0.717, 1.165) is 37.5 Å². The van der Waals surface area contributed by atoms with Crippen LogP contribution in [0.4, 0.5) is 0 Å². The third kappa shape index (κ3) is 5.91. The van der Waals surface area contributed by atoms with Gasteiger partial charge >= 0.3 is 0 Å². The second-order valence-corrected chi connectivity index (χ2v) is 5.18. The van der Waals surface area contributed by atoms with E-state index >= 15 is 0 Å². The summed E-state index contributed by atoms with van der Waals surface area (Å²) in [5.74, 6) is 0. The lowest BCUT2D eigenvalue weighted by Crippen LogP contribution is -2.31. The Hall–Kier alpha value is -0.610. The summed E-state index contributed by atoms with van der Waals surface area (Å²) in [6.07, 6.45) is 2.14. The molecule has 0 amide bonds. The van der Waals surface area contributed by atoms with Crippen molar-refractivity contribution < 1.29 is 5.11 Å². The third-order valence-corrected chi connectivity index (χ3v) is 3.56. The molecule has 0 heterocycles. The smallest absolute Gasteiger partial charge is 0.0558 e. The molecule has 0 aliphatic carbocycles. The summed E-state index contributed by atoms with van der Waals surface area (Å²) < 4.78 is 0. The topological polar surface area (TPSA) is 35.5 Å². The minimum absolute atomic E-state index is 0.227. The summed E-state index contributed by atoms with van der Waals surface area (Å²) in [6, 6.07) is 8.33. The molecule has 0 saturated heterocycles. The van der Waals surface area contributed by atoms with Crippen LogP contribution in [0.2, 0.25) is 5.02 Å². The molecule has 0 aliphatic heterocycles. The van der Waals surface area contributed by atoms with Crippen LogP contribution in [0, 0.1) is 0 Å². The van der Waals surface area contributed by atoms with Gasteiger partial charge in [0.15, 0.2) is 0 Å². The average Bonchev–Trinajstić information content (AvgIpc) is 2.41. The molecule has 0 bridgehead atoms. The molecule has 0 radical (unpaired) electrons. The molecule has 1 unspecified atom stereocenters. The van der Waals surface area contributed by atoms with E-state index in [2.05, 4.69) is 29.3 Å². The van der Waals surface area contributed by atoms with Crippen LogP contribution >= 0.6 is 11.6 Å². The van der Waals surface area contributed by atoms with Gasteiger partial charge in [0.05, 0.1) is 6.61 Å². The fraction of sp³-hybridized carbons (Fsp3) is 0.600. The monoisotopic (exact) mass is 284 g/mol. The lowest BCUT2D eigenvalue weighted by molar-refractivity contribution is 0.190. The maximum absolute atomic E-state index is 9.06. The van der Waals surface area contributed by atoms with Crippen molar-refractivity contribution in [3.63, 3.8) is 0 Å². The van der Waals surface area contributed by atoms with Crippen molar-refractivity contribution in [1.82, 2.24) is 10.2 Å². The zero-order valence-corrected chi connectivity index (χ0v) is 12.7. The predicted molar refractivity (Wildman–Crippen MR) is 81.7 cm³/mol. The van der Waals surface area contributed by atoms with Gasteiger partial charge in [-0.15, -0.1) is 0 Å². The van der Waals surface area contributed by atoms with Crippen LogP contribution in [0.15, 0.2) is 24.3 Å². The molecule has 19 heavy (non-hydrogen) atoms. The maximum atomic E-state index is 9.06. The number of benzene rings is 1. The van der Waals surface area contributed by atoms with Gasteiger partial charge in [0.2, 0.25) is 0 Å². The lowest BCUT2D eigenvalue weighted by atomic mass is 10.0. The summed E-state index contributed by atoms with van der Waals surface area (Å²) in [6.45, 7) is 5.18. The van der Waals surface area contributed by atoms with E-state index in [9.17, 15) is 0 Å². The minimum atomic E-state index is 0.227. The Morgan fingerprint density at radius 2 is 1.89 bits per heavy atom. The van der Waals surface area contributed by atoms with Gasteiger partial charge in [-0.25, -0.2) is 0 Å². The van der Waals surface area contributed by atoms with E-state index in [1.807, 2.05) is 19.2 Å². The Kier molecular flexibility index (Phi) is 8.07. The molecule has 2 N–H and O–H groups in total. The quantitative estimate of drug-likeness (QED) is 0.732. The second kappa shape index (κ2) is 9.32. The van der Waals surface area contributed by atoms with Crippen LogP contribution in [-0.4, -0.2) is 43.3 Å². The number of halogens is 1. The van der Waals surface area contributed by atoms with Gasteiger partial charge in [0, 0.05) is 24.2 Å². The van der Waals surface area contributed by atoms with Crippen LogP contribution in [0.1, 0.15) is 31.4 Å². The molecule has 0 aliphatic rings. The van der Waals surface area contributed by atoms with Gasteiger partial charge in [-0.1, -0.05) is 30.7 Å². The van der Waals surface area contributed by atoms with Gasteiger partial charge in [-0.2, -0.15) is 0 Å². The fourth-order valence-corrected chi connectivity index (χ4v) is 2.40. The normalized spacial score (nSPS) is 12.9. The molecular formula is C15H25ClN2O. The highest BCUT2D eigenvalue weighted by atomic mass is 35.5. The van der Waals surface area contributed by atoms with E-state index in [-0.39, 0.29) is 6.61 Å². The van der Waals surface area contributed by atoms with Crippen LogP contribution in [0.25, 0.3) is 0 Å².